The van der Waals surface area contributed by atoms with Crippen molar-refractivity contribution in [1.29, 1.82) is 0 Å². The topological polar surface area (TPSA) is 92.4 Å². The van der Waals surface area contributed by atoms with Crippen molar-refractivity contribution in [2.45, 2.75) is 25.8 Å². The van der Waals surface area contributed by atoms with Gasteiger partial charge in [-0.2, -0.15) is 0 Å². The Kier molecular flexibility index (Phi) is 5.10. The van der Waals surface area contributed by atoms with Crippen molar-refractivity contribution in [3.05, 3.63) is 21.9 Å². The van der Waals surface area contributed by atoms with E-state index in [2.05, 4.69) is 17.2 Å². The molecule has 1 aromatic heterocycles. The van der Waals surface area contributed by atoms with Gasteiger partial charge in [0.2, 0.25) is 5.91 Å². The van der Waals surface area contributed by atoms with Gasteiger partial charge in [-0.1, -0.05) is 11.8 Å². The standard InChI is InChI=1S/C13H16N2O3S/c1-13(2,12(14)18)15-11(17)10-7-6-9(19-10)5-3-4-8-16/h6-7,16H,4,8H2,1-2H3,(H2,14,18)(H,15,17). The lowest BCUT2D eigenvalue weighted by molar-refractivity contribution is -0.122. The van der Waals surface area contributed by atoms with E-state index < -0.39 is 11.4 Å². The third-order valence-corrected chi connectivity index (χ3v) is 3.32. The van der Waals surface area contributed by atoms with Crippen LogP contribution in [0.3, 0.4) is 0 Å². The maximum Gasteiger partial charge on any atom is 0.262 e. The van der Waals surface area contributed by atoms with Gasteiger partial charge in [-0.3, -0.25) is 9.59 Å². The van der Waals surface area contributed by atoms with Gasteiger partial charge in [-0.15, -0.1) is 11.3 Å². The van der Waals surface area contributed by atoms with Crippen LogP contribution in [-0.4, -0.2) is 29.1 Å². The highest BCUT2D eigenvalue weighted by molar-refractivity contribution is 7.14. The Labute approximate surface area is 115 Å². The number of nitrogens with two attached hydrogens (primary N) is 1. The number of nitrogens with one attached hydrogen (secondary N) is 1. The molecular weight excluding hydrogens is 264 g/mol. The Morgan fingerprint density at radius 3 is 2.74 bits per heavy atom. The number of hydrogen-bond acceptors (Lipinski definition) is 4. The number of aliphatic hydroxyl groups is 1. The van der Waals surface area contributed by atoms with Gasteiger partial charge in [-0.25, -0.2) is 0 Å². The molecule has 1 aromatic rings. The van der Waals surface area contributed by atoms with E-state index in [0.717, 1.165) is 4.88 Å². The van der Waals surface area contributed by atoms with E-state index in [4.69, 9.17) is 10.8 Å². The van der Waals surface area contributed by atoms with E-state index in [0.29, 0.717) is 11.3 Å². The number of hydrogen-bond donors (Lipinski definition) is 3. The van der Waals surface area contributed by atoms with Gasteiger partial charge in [0.25, 0.3) is 5.91 Å². The lowest BCUT2D eigenvalue weighted by Gasteiger charge is -2.21. The summed E-state index contributed by atoms with van der Waals surface area (Å²) in [6.45, 7) is 3.10. The fourth-order valence-corrected chi connectivity index (χ4v) is 1.92. The molecule has 0 aliphatic rings. The van der Waals surface area contributed by atoms with E-state index in [1.807, 2.05) is 0 Å². The van der Waals surface area contributed by atoms with Crippen LogP contribution in [-0.2, 0) is 4.79 Å². The molecule has 0 aromatic carbocycles. The largest absolute Gasteiger partial charge is 0.395 e. The fraction of sp³-hybridized carbons (Fsp3) is 0.385. The number of carbonyl (C=O) groups is 2. The zero-order valence-electron chi connectivity index (χ0n) is 10.8. The molecule has 1 heterocycles. The van der Waals surface area contributed by atoms with Gasteiger partial charge >= 0.3 is 0 Å². The van der Waals surface area contributed by atoms with Crippen molar-refractivity contribution in [3.63, 3.8) is 0 Å². The predicted octanol–water partition coefficient (Wildman–Crippen LogP) is 0.476. The van der Waals surface area contributed by atoms with Crippen LogP contribution < -0.4 is 11.1 Å². The molecule has 5 nitrogen and oxygen atoms in total. The molecule has 4 N–H and O–H groups in total. The van der Waals surface area contributed by atoms with Crippen LogP contribution >= 0.6 is 11.3 Å². The molecule has 0 aliphatic heterocycles. The molecular formula is C13H16N2O3S. The molecule has 0 unspecified atom stereocenters. The van der Waals surface area contributed by atoms with Gasteiger partial charge in [0.15, 0.2) is 0 Å². The smallest absolute Gasteiger partial charge is 0.262 e. The Balaban J connectivity index is 2.75. The SMILES string of the molecule is CC(C)(NC(=O)c1ccc(C#CCCO)s1)C(N)=O. The molecule has 0 spiro atoms. The summed E-state index contributed by atoms with van der Waals surface area (Å²) in [4.78, 5) is 24.2. The average molecular weight is 280 g/mol. The molecule has 0 fully saturated rings. The monoisotopic (exact) mass is 280 g/mol. The minimum atomic E-state index is -1.09. The van der Waals surface area contributed by atoms with Crippen molar-refractivity contribution in [2.75, 3.05) is 6.61 Å². The van der Waals surface area contributed by atoms with Crippen LogP contribution in [0.5, 0.6) is 0 Å². The highest BCUT2D eigenvalue weighted by atomic mass is 32.1. The van der Waals surface area contributed by atoms with E-state index in [-0.39, 0.29) is 12.5 Å². The maximum absolute atomic E-state index is 11.9. The molecule has 0 atom stereocenters. The fourth-order valence-electron chi connectivity index (χ4n) is 1.14. The Bertz CT molecular complexity index is 538. The Hall–Kier alpha value is -1.84. The van der Waals surface area contributed by atoms with Crippen LogP contribution in [0.4, 0.5) is 0 Å². The summed E-state index contributed by atoms with van der Waals surface area (Å²) in [5, 5.41) is 11.2. The molecule has 0 aliphatic carbocycles. The summed E-state index contributed by atoms with van der Waals surface area (Å²) < 4.78 is 0. The number of primary amides is 1. The summed E-state index contributed by atoms with van der Waals surface area (Å²) in [5.41, 5.74) is 4.09. The van der Waals surface area contributed by atoms with Crippen molar-refractivity contribution < 1.29 is 14.7 Å². The van der Waals surface area contributed by atoms with Crippen molar-refractivity contribution in [3.8, 4) is 11.8 Å². The zero-order valence-corrected chi connectivity index (χ0v) is 11.6. The second-order valence-electron chi connectivity index (χ2n) is 4.38. The summed E-state index contributed by atoms with van der Waals surface area (Å²) in [7, 11) is 0. The van der Waals surface area contributed by atoms with E-state index >= 15 is 0 Å². The summed E-state index contributed by atoms with van der Waals surface area (Å²) in [6, 6.07) is 3.36. The first kappa shape index (κ1) is 15.2. The highest BCUT2D eigenvalue weighted by Gasteiger charge is 2.27. The van der Waals surface area contributed by atoms with Crippen LogP contribution in [0.1, 0.15) is 34.8 Å². The van der Waals surface area contributed by atoms with Crippen molar-refractivity contribution in [1.82, 2.24) is 5.32 Å². The second-order valence-corrected chi connectivity index (χ2v) is 5.47. The Morgan fingerprint density at radius 1 is 1.47 bits per heavy atom. The Morgan fingerprint density at radius 2 is 2.16 bits per heavy atom. The van der Waals surface area contributed by atoms with Gasteiger partial charge in [0, 0.05) is 6.42 Å². The molecule has 1 rings (SSSR count). The molecule has 19 heavy (non-hydrogen) atoms. The number of aliphatic hydroxyl groups excluding tert-OH is 1. The third kappa shape index (κ3) is 4.39. The first-order valence-electron chi connectivity index (χ1n) is 5.69. The van der Waals surface area contributed by atoms with Crippen molar-refractivity contribution >= 4 is 23.2 Å². The summed E-state index contributed by atoms with van der Waals surface area (Å²) >= 11 is 1.22. The van der Waals surface area contributed by atoms with Gasteiger partial charge in [-0.05, 0) is 26.0 Å². The van der Waals surface area contributed by atoms with Crippen molar-refractivity contribution in [2.24, 2.45) is 5.73 Å². The quantitative estimate of drug-likeness (QED) is 0.700. The zero-order chi connectivity index (χ0) is 14.5. The number of rotatable bonds is 4. The van der Waals surface area contributed by atoms with Gasteiger partial charge < -0.3 is 16.2 Å². The van der Waals surface area contributed by atoms with Gasteiger partial charge in [0.05, 0.1) is 16.4 Å². The molecule has 0 saturated carbocycles. The molecule has 6 heteroatoms. The minimum absolute atomic E-state index is 0.0124. The summed E-state index contributed by atoms with van der Waals surface area (Å²) in [5.74, 6) is 4.66. The molecule has 0 radical (unpaired) electrons. The van der Waals surface area contributed by atoms with Crippen LogP contribution in [0.25, 0.3) is 0 Å². The maximum atomic E-state index is 11.9. The third-order valence-electron chi connectivity index (χ3n) is 2.32. The van der Waals surface area contributed by atoms with Gasteiger partial charge in [0.1, 0.15) is 5.54 Å². The summed E-state index contributed by atoms with van der Waals surface area (Å²) in [6.07, 6.45) is 0.397. The second kappa shape index (κ2) is 6.36. The number of amides is 2. The number of carbonyl (C=O) groups excluding carboxylic acids is 2. The van der Waals surface area contributed by atoms with Crippen LogP contribution in [0, 0.1) is 11.8 Å². The van der Waals surface area contributed by atoms with E-state index in [9.17, 15) is 9.59 Å². The predicted molar refractivity (Wildman–Crippen MR) is 73.6 cm³/mol. The first-order chi connectivity index (χ1) is 8.86. The first-order valence-corrected chi connectivity index (χ1v) is 6.50. The molecule has 102 valence electrons. The molecule has 0 bridgehead atoms. The molecule has 2 amide bonds. The molecule has 0 saturated heterocycles. The lowest BCUT2D eigenvalue weighted by atomic mass is 10.1. The highest BCUT2D eigenvalue weighted by Crippen LogP contribution is 2.16. The van der Waals surface area contributed by atoms with E-state index in [1.54, 1.807) is 26.0 Å². The van der Waals surface area contributed by atoms with Crippen LogP contribution in [0.2, 0.25) is 0 Å². The van der Waals surface area contributed by atoms with E-state index in [1.165, 1.54) is 11.3 Å². The minimum Gasteiger partial charge on any atom is -0.395 e. The normalized spacial score (nSPS) is 10.5. The van der Waals surface area contributed by atoms with Crippen LogP contribution in [0.15, 0.2) is 12.1 Å². The lowest BCUT2D eigenvalue weighted by Crippen LogP contribution is -2.52. The number of thiophene rings is 1. The average Bonchev–Trinajstić information content (AvgIpc) is 2.77.